The zero-order chi connectivity index (χ0) is 13.2. The highest BCUT2D eigenvalue weighted by molar-refractivity contribution is 6.29. The maximum atomic E-state index is 6.16. The van der Waals surface area contributed by atoms with Gasteiger partial charge in [0.2, 0.25) is 0 Å². The maximum Gasteiger partial charge on any atom is 0.135 e. The number of nitrogens with zero attached hydrogens (tertiary/aromatic N) is 3. The molecule has 0 N–H and O–H groups in total. The van der Waals surface area contributed by atoms with Gasteiger partial charge in [-0.1, -0.05) is 24.9 Å². The average molecular weight is 280 g/mol. The van der Waals surface area contributed by atoms with Crippen molar-refractivity contribution in [2.24, 2.45) is 5.92 Å². The number of rotatable bonds is 3. The molecular formula is C15H22ClN3. The number of anilines is 1. The fourth-order valence-electron chi connectivity index (χ4n) is 2.91. The van der Waals surface area contributed by atoms with E-state index < -0.39 is 0 Å². The van der Waals surface area contributed by atoms with Crippen molar-refractivity contribution in [2.45, 2.75) is 51.4 Å². The van der Waals surface area contributed by atoms with Gasteiger partial charge in [0, 0.05) is 25.1 Å². The van der Waals surface area contributed by atoms with Crippen LogP contribution < -0.4 is 4.90 Å². The van der Waals surface area contributed by atoms with E-state index in [1.165, 1.54) is 38.5 Å². The summed E-state index contributed by atoms with van der Waals surface area (Å²) in [5.74, 6) is 3.44. The normalized spacial score (nSPS) is 24.3. The van der Waals surface area contributed by atoms with Gasteiger partial charge in [0.1, 0.15) is 16.8 Å². The van der Waals surface area contributed by atoms with Gasteiger partial charge in [-0.15, -0.1) is 0 Å². The molecule has 104 valence electrons. The molecule has 2 aliphatic rings. The molecule has 1 aromatic heterocycles. The molecule has 0 spiro atoms. The molecule has 0 aromatic carbocycles. The Hall–Kier alpha value is -0.830. The molecule has 4 heteroatoms. The summed E-state index contributed by atoms with van der Waals surface area (Å²) >= 11 is 6.16. The summed E-state index contributed by atoms with van der Waals surface area (Å²) in [4.78, 5) is 11.5. The molecular weight excluding hydrogens is 258 g/mol. The van der Waals surface area contributed by atoms with Gasteiger partial charge >= 0.3 is 0 Å². The van der Waals surface area contributed by atoms with Gasteiger partial charge in [-0.05, 0) is 38.0 Å². The largest absolute Gasteiger partial charge is 0.356 e. The van der Waals surface area contributed by atoms with E-state index in [2.05, 4.69) is 16.8 Å². The second-order valence-electron chi connectivity index (χ2n) is 5.87. The molecule has 3 rings (SSSR count). The lowest BCUT2D eigenvalue weighted by Gasteiger charge is -2.22. The summed E-state index contributed by atoms with van der Waals surface area (Å²) in [6.45, 7) is 4.51. The van der Waals surface area contributed by atoms with Gasteiger partial charge < -0.3 is 4.90 Å². The van der Waals surface area contributed by atoms with Gasteiger partial charge in [0.15, 0.2) is 0 Å². The first-order valence-corrected chi connectivity index (χ1v) is 7.93. The predicted octanol–water partition coefficient (Wildman–Crippen LogP) is 4.02. The fraction of sp³-hybridized carbons (Fsp3) is 0.733. The Morgan fingerprint density at radius 1 is 1.21 bits per heavy atom. The number of hydrogen-bond donors (Lipinski definition) is 0. The molecule has 1 saturated heterocycles. The molecule has 1 aliphatic carbocycles. The van der Waals surface area contributed by atoms with Crippen molar-refractivity contribution in [1.29, 1.82) is 0 Å². The smallest absolute Gasteiger partial charge is 0.135 e. The summed E-state index contributed by atoms with van der Waals surface area (Å²) in [5.41, 5.74) is 0. The quantitative estimate of drug-likeness (QED) is 0.783. The Morgan fingerprint density at radius 2 is 2.05 bits per heavy atom. The van der Waals surface area contributed by atoms with Crippen molar-refractivity contribution < 1.29 is 0 Å². The molecule has 2 fully saturated rings. The van der Waals surface area contributed by atoms with E-state index in [0.29, 0.717) is 11.1 Å². The van der Waals surface area contributed by atoms with Crippen LogP contribution in [0.15, 0.2) is 6.07 Å². The zero-order valence-corrected chi connectivity index (χ0v) is 12.4. The lowest BCUT2D eigenvalue weighted by atomic mass is 9.98. The van der Waals surface area contributed by atoms with Gasteiger partial charge in [-0.2, -0.15) is 0 Å². The van der Waals surface area contributed by atoms with Crippen LogP contribution in [-0.2, 0) is 0 Å². The van der Waals surface area contributed by atoms with E-state index in [-0.39, 0.29) is 0 Å². The van der Waals surface area contributed by atoms with Gasteiger partial charge in [0.25, 0.3) is 0 Å². The van der Waals surface area contributed by atoms with E-state index in [1.54, 1.807) is 0 Å². The Labute approximate surface area is 120 Å². The molecule has 0 radical (unpaired) electrons. The second-order valence-corrected chi connectivity index (χ2v) is 6.26. The molecule has 0 bridgehead atoms. The number of halogens is 1. The van der Waals surface area contributed by atoms with Crippen LogP contribution in [0.4, 0.5) is 5.82 Å². The summed E-state index contributed by atoms with van der Waals surface area (Å²) in [7, 11) is 0. The summed E-state index contributed by atoms with van der Waals surface area (Å²) < 4.78 is 0. The fourth-order valence-corrected chi connectivity index (χ4v) is 3.10. The van der Waals surface area contributed by atoms with Crippen LogP contribution in [0.25, 0.3) is 0 Å². The maximum absolute atomic E-state index is 6.16. The first kappa shape index (κ1) is 13.2. The minimum atomic E-state index is 0.563. The van der Waals surface area contributed by atoms with Crippen molar-refractivity contribution in [3.8, 4) is 0 Å². The van der Waals surface area contributed by atoms with Crippen LogP contribution in [0.3, 0.4) is 0 Å². The van der Waals surface area contributed by atoms with E-state index >= 15 is 0 Å². The molecule has 1 aromatic rings. The average Bonchev–Trinajstić information content (AvgIpc) is 3.24. The predicted molar refractivity (Wildman–Crippen MR) is 78.9 cm³/mol. The highest BCUT2D eigenvalue weighted by atomic mass is 35.5. The standard InChI is InChI=1S/C15H22ClN3/c1-2-11-4-3-8-19(9-7-11)14-10-13(16)17-15(18-14)12-5-6-12/h10-12H,2-9H2,1H3. The van der Waals surface area contributed by atoms with E-state index in [1.807, 2.05) is 6.07 Å². The first-order chi connectivity index (χ1) is 9.26. The zero-order valence-electron chi connectivity index (χ0n) is 11.6. The monoisotopic (exact) mass is 279 g/mol. The first-order valence-electron chi connectivity index (χ1n) is 7.55. The van der Waals surface area contributed by atoms with Crippen LogP contribution >= 0.6 is 11.6 Å². The van der Waals surface area contributed by atoms with E-state index in [9.17, 15) is 0 Å². The Kier molecular flexibility index (Phi) is 3.92. The molecule has 2 heterocycles. The van der Waals surface area contributed by atoms with Gasteiger partial charge in [-0.3, -0.25) is 0 Å². The Morgan fingerprint density at radius 3 is 2.79 bits per heavy atom. The lowest BCUT2D eigenvalue weighted by molar-refractivity contribution is 0.459. The van der Waals surface area contributed by atoms with Crippen LogP contribution in [0.1, 0.15) is 57.2 Å². The number of aromatic nitrogens is 2. The van der Waals surface area contributed by atoms with Crippen molar-refractivity contribution in [1.82, 2.24) is 9.97 Å². The van der Waals surface area contributed by atoms with Crippen molar-refractivity contribution in [2.75, 3.05) is 18.0 Å². The Bertz CT molecular complexity index is 445. The third kappa shape index (κ3) is 3.19. The third-order valence-corrected chi connectivity index (χ3v) is 4.58. The molecule has 1 aliphatic heterocycles. The van der Waals surface area contributed by atoms with Crippen molar-refractivity contribution in [3.63, 3.8) is 0 Å². The van der Waals surface area contributed by atoms with Crippen LogP contribution in [0, 0.1) is 5.92 Å². The summed E-state index contributed by atoms with van der Waals surface area (Å²) in [6, 6.07) is 1.93. The molecule has 1 unspecified atom stereocenters. The molecule has 1 atom stereocenters. The molecule has 1 saturated carbocycles. The number of hydrogen-bond acceptors (Lipinski definition) is 3. The Balaban J connectivity index is 1.77. The van der Waals surface area contributed by atoms with Gasteiger partial charge in [0.05, 0.1) is 0 Å². The topological polar surface area (TPSA) is 29.0 Å². The van der Waals surface area contributed by atoms with Crippen molar-refractivity contribution in [3.05, 3.63) is 17.0 Å². The lowest BCUT2D eigenvalue weighted by Crippen LogP contribution is -2.25. The molecule has 19 heavy (non-hydrogen) atoms. The van der Waals surface area contributed by atoms with Crippen LogP contribution in [0.2, 0.25) is 5.15 Å². The molecule has 3 nitrogen and oxygen atoms in total. The van der Waals surface area contributed by atoms with E-state index in [0.717, 1.165) is 30.6 Å². The third-order valence-electron chi connectivity index (χ3n) is 4.39. The minimum Gasteiger partial charge on any atom is -0.356 e. The van der Waals surface area contributed by atoms with Gasteiger partial charge in [-0.25, -0.2) is 9.97 Å². The van der Waals surface area contributed by atoms with Crippen LogP contribution in [0.5, 0.6) is 0 Å². The minimum absolute atomic E-state index is 0.563. The second kappa shape index (κ2) is 5.66. The summed E-state index contributed by atoms with van der Waals surface area (Å²) in [6.07, 6.45) is 7.62. The highest BCUT2D eigenvalue weighted by Crippen LogP contribution is 2.39. The summed E-state index contributed by atoms with van der Waals surface area (Å²) in [5, 5.41) is 0.600. The molecule has 0 amide bonds. The van der Waals surface area contributed by atoms with Crippen LogP contribution in [-0.4, -0.2) is 23.1 Å². The van der Waals surface area contributed by atoms with Crippen molar-refractivity contribution >= 4 is 17.4 Å². The SMILES string of the molecule is CCC1CCCN(c2cc(Cl)nc(C3CC3)n2)CC1. The van der Waals surface area contributed by atoms with E-state index in [4.69, 9.17) is 16.6 Å². The highest BCUT2D eigenvalue weighted by Gasteiger charge is 2.28.